The number of carbonyl (C=O) groups excluding carboxylic acids is 1. The van der Waals surface area contributed by atoms with Crippen molar-refractivity contribution in [3.05, 3.63) is 29.8 Å². The van der Waals surface area contributed by atoms with Gasteiger partial charge in [-0.15, -0.1) is 0 Å². The quantitative estimate of drug-likeness (QED) is 0.429. The number of rotatable bonds is 9. The summed E-state index contributed by atoms with van der Waals surface area (Å²) in [5.74, 6) is -1.44. The van der Waals surface area contributed by atoms with Crippen molar-refractivity contribution in [2.24, 2.45) is 0 Å². The fourth-order valence-electron chi connectivity index (χ4n) is 1.85. The van der Waals surface area contributed by atoms with Gasteiger partial charge in [0.15, 0.2) is 9.84 Å². The van der Waals surface area contributed by atoms with Crippen LogP contribution < -0.4 is 5.73 Å². The minimum absolute atomic E-state index is 0.182. The lowest BCUT2D eigenvalue weighted by Crippen LogP contribution is -2.20. The molecule has 2 N–H and O–H groups in total. The first-order valence-electron chi connectivity index (χ1n) is 7.13. The van der Waals surface area contributed by atoms with Gasteiger partial charge in [0, 0.05) is 5.69 Å². The molecule has 5 nitrogen and oxygen atoms in total. The molecule has 1 aromatic carbocycles. The Balaban J connectivity index is 2.37. The summed E-state index contributed by atoms with van der Waals surface area (Å²) in [6, 6.07) is 6.56. The number of anilines is 1. The molecule has 118 valence electrons. The third-order valence-electron chi connectivity index (χ3n) is 2.97. The Morgan fingerprint density at radius 3 is 2.43 bits per heavy atom. The monoisotopic (exact) mass is 313 g/mol. The summed E-state index contributed by atoms with van der Waals surface area (Å²) in [6.45, 7) is 2.38. The lowest BCUT2D eigenvalue weighted by Gasteiger charge is -2.06. The summed E-state index contributed by atoms with van der Waals surface area (Å²) in [4.78, 5) is 11.5. The lowest BCUT2D eigenvalue weighted by atomic mass is 10.2. The Kier molecular flexibility index (Phi) is 7.22. The number of unbranched alkanes of at least 4 members (excludes halogenated alkanes) is 3. The zero-order valence-electron chi connectivity index (χ0n) is 12.4. The van der Waals surface area contributed by atoms with Gasteiger partial charge >= 0.3 is 5.97 Å². The number of sulfone groups is 1. The van der Waals surface area contributed by atoms with Crippen LogP contribution in [0.4, 0.5) is 5.69 Å². The highest BCUT2D eigenvalue weighted by Crippen LogP contribution is 2.10. The maximum atomic E-state index is 11.9. The number of ether oxygens (including phenoxy) is 1. The molecular weight excluding hydrogens is 290 g/mol. The molecule has 0 saturated carbocycles. The number of nitrogen functional groups attached to an aromatic ring is 1. The largest absolute Gasteiger partial charge is 0.465 e. The molecule has 21 heavy (non-hydrogen) atoms. The first-order valence-corrected chi connectivity index (χ1v) is 8.95. The second-order valence-electron chi connectivity index (χ2n) is 5.05. The van der Waals surface area contributed by atoms with Crippen LogP contribution in [0.2, 0.25) is 0 Å². The average Bonchev–Trinajstić information content (AvgIpc) is 2.40. The van der Waals surface area contributed by atoms with Gasteiger partial charge in [0.2, 0.25) is 0 Å². The normalized spacial score (nSPS) is 11.3. The van der Waals surface area contributed by atoms with E-state index in [1.54, 1.807) is 24.3 Å². The maximum absolute atomic E-state index is 11.9. The van der Waals surface area contributed by atoms with E-state index in [0.717, 1.165) is 25.7 Å². The van der Waals surface area contributed by atoms with Gasteiger partial charge in [0.1, 0.15) is 5.75 Å². The molecule has 0 aromatic heterocycles. The molecule has 0 heterocycles. The predicted molar refractivity (Wildman–Crippen MR) is 83.4 cm³/mol. The molecular formula is C15H23NO4S. The highest BCUT2D eigenvalue weighted by molar-refractivity contribution is 7.91. The van der Waals surface area contributed by atoms with Crippen molar-refractivity contribution in [2.75, 3.05) is 18.1 Å². The average molecular weight is 313 g/mol. The van der Waals surface area contributed by atoms with Gasteiger partial charge in [-0.05, 0) is 24.1 Å². The van der Waals surface area contributed by atoms with E-state index in [9.17, 15) is 13.2 Å². The number of esters is 1. The summed E-state index contributed by atoms with van der Waals surface area (Å²) in [5.41, 5.74) is 6.72. The minimum atomic E-state index is -3.51. The van der Waals surface area contributed by atoms with E-state index in [1.807, 2.05) is 0 Å². The molecule has 0 aliphatic heterocycles. The molecule has 0 aliphatic carbocycles. The first kappa shape index (κ1) is 17.5. The van der Waals surface area contributed by atoms with Gasteiger partial charge in [-0.25, -0.2) is 8.42 Å². The summed E-state index contributed by atoms with van der Waals surface area (Å²) < 4.78 is 28.7. The van der Waals surface area contributed by atoms with E-state index >= 15 is 0 Å². The molecule has 0 unspecified atom stereocenters. The van der Waals surface area contributed by atoms with E-state index in [-0.39, 0.29) is 12.4 Å². The standard InChI is InChI=1S/C15H23NO4S/c1-2-3-4-5-10-20-15(17)12-21(18,19)11-13-6-8-14(16)9-7-13/h6-9H,2-5,10-12,16H2,1H3. The van der Waals surface area contributed by atoms with Crippen LogP contribution >= 0.6 is 0 Å². The Morgan fingerprint density at radius 1 is 1.14 bits per heavy atom. The van der Waals surface area contributed by atoms with E-state index in [0.29, 0.717) is 11.3 Å². The molecule has 0 fully saturated rings. The fraction of sp³-hybridized carbons (Fsp3) is 0.533. The van der Waals surface area contributed by atoms with Gasteiger partial charge in [-0.1, -0.05) is 38.3 Å². The third kappa shape index (κ3) is 7.70. The van der Waals surface area contributed by atoms with E-state index < -0.39 is 21.6 Å². The van der Waals surface area contributed by atoms with Crippen molar-refractivity contribution in [1.82, 2.24) is 0 Å². The van der Waals surface area contributed by atoms with E-state index in [2.05, 4.69) is 6.92 Å². The second-order valence-corrected chi connectivity index (χ2v) is 7.12. The molecule has 0 spiro atoms. The summed E-state index contributed by atoms with van der Waals surface area (Å²) >= 11 is 0. The van der Waals surface area contributed by atoms with Crippen molar-refractivity contribution < 1.29 is 17.9 Å². The maximum Gasteiger partial charge on any atom is 0.321 e. The minimum Gasteiger partial charge on any atom is -0.465 e. The van der Waals surface area contributed by atoms with Gasteiger partial charge in [0.05, 0.1) is 12.4 Å². The van der Waals surface area contributed by atoms with Crippen molar-refractivity contribution in [3.8, 4) is 0 Å². The van der Waals surface area contributed by atoms with Gasteiger partial charge in [-0.3, -0.25) is 4.79 Å². The predicted octanol–water partition coefficient (Wildman–Crippen LogP) is 2.31. The van der Waals surface area contributed by atoms with Crippen LogP contribution in [0.25, 0.3) is 0 Å². The molecule has 1 rings (SSSR count). The summed E-state index contributed by atoms with van der Waals surface area (Å²) in [6.07, 6.45) is 3.95. The zero-order valence-corrected chi connectivity index (χ0v) is 13.2. The zero-order chi connectivity index (χ0) is 15.7. The number of benzene rings is 1. The number of carbonyl (C=O) groups is 1. The molecule has 0 bridgehead atoms. The Hall–Kier alpha value is -1.56. The van der Waals surface area contributed by atoms with Crippen LogP contribution in [-0.4, -0.2) is 26.7 Å². The summed E-state index contributed by atoms with van der Waals surface area (Å²) in [7, 11) is -3.51. The summed E-state index contributed by atoms with van der Waals surface area (Å²) in [5, 5.41) is 0. The lowest BCUT2D eigenvalue weighted by molar-refractivity contribution is -0.140. The Morgan fingerprint density at radius 2 is 1.81 bits per heavy atom. The van der Waals surface area contributed by atoms with Crippen LogP contribution in [0.1, 0.15) is 38.2 Å². The van der Waals surface area contributed by atoms with Gasteiger partial charge in [-0.2, -0.15) is 0 Å². The van der Waals surface area contributed by atoms with Gasteiger partial charge < -0.3 is 10.5 Å². The topological polar surface area (TPSA) is 86.5 Å². The number of nitrogens with two attached hydrogens (primary N) is 1. The Labute approximate surface area is 126 Å². The van der Waals surface area contributed by atoms with E-state index in [1.165, 1.54) is 0 Å². The van der Waals surface area contributed by atoms with Crippen LogP contribution in [-0.2, 0) is 25.1 Å². The molecule has 0 aliphatic rings. The van der Waals surface area contributed by atoms with Crippen LogP contribution in [0.5, 0.6) is 0 Å². The first-order chi connectivity index (χ1) is 9.93. The van der Waals surface area contributed by atoms with Crippen molar-refractivity contribution in [1.29, 1.82) is 0 Å². The van der Waals surface area contributed by atoms with E-state index in [4.69, 9.17) is 10.5 Å². The van der Waals surface area contributed by atoms with Crippen molar-refractivity contribution in [2.45, 2.75) is 38.4 Å². The highest BCUT2D eigenvalue weighted by Gasteiger charge is 2.18. The molecule has 0 saturated heterocycles. The third-order valence-corrected chi connectivity index (χ3v) is 4.41. The highest BCUT2D eigenvalue weighted by atomic mass is 32.2. The molecule has 1 aromatic rings. The van der Waals surface area contributed by atoms with Crippen LogP contribution in [0, 0.1) is 0 Å². The van der Waals surface area contributed by atoms with Crippen LogP contribution in [0.3, 0.4) is 0 Å². The van der Waals surface area contributed by atoms with Crippen molar-refractivity contribution in [3.63, 3.8) is 0 Å². The smallest absolute Gasteiger partial charge is 0.321 e. The number of hydrogen-bond donors (Lipinski definition) is 1. The van der Waals surface area contributed by atoms with Crippen molar-refractivity contribution >= 4 is 21.5 Å². The number of hydrogen-bond acceptors (Lipinski definition) is 5. The fourth-order valence-corrected chi connectivity index (χ4v) is 3.10. The molecule has 0 radical (unpaired) electrons. The van der Waals surface area contributed by atoms with Gasteiger partial charge in [0.25, 0.3) is 0 Å². The van der Waals surface area contributed by atoms with Crippen LogP contribution in [0.15, 0.2) is 24.3 Å². The second kappa shape index (κ2) is 8.67. The Bertz CT molecular complexity index is 537. The molecule has 0 atom stereocenters. The SMILES string of the molecule is CCCCCCOC(=O)CS(=O)(=O)Cc1ccc(N)cc1. The molecule has 0 amide bonds. The molecule has 6 heteroatoms.